The van der Waals surface area contributed by atoms with E-state index in [1.807, 2.05) is 0 Å². The van der Waals surface area contributed by atoms with Crippen molar-refractivity contribution >= 4 is 17.7 Å². The van der Waals surface area contributed by atoms with Gasteiger partial charge in [0.05, 0.1) is 11.8 Å². The van der Waals surface area contributed by atoms with E-state index in [0.29, 0.717) is 13.2 Å². The van der Waals surface area contributed by atoms with Gasteiger partial charge in [0.25, 0.3) is 0 Å². The fourth-order valence-corrected chi connectivity index (χ4v) is 3.52. The molecule has 0 radical (unpaired) electrons. The lowest BCUT2D eigenvalue weighted by Gasteiger charge is -2.19. The van der Waals surface area contributed by atoms with Gasteiger partial charge in [-0.15, -0.1) is 0 Å². The Balaban J connectivity index is 1.35. The van der Waals surface area contributed by atoms with Crippen molar-refractivity contribution in [1.82, 2.24) is 10.2 Å². The minimum absolute atomic E-state index is 0.131. The molecule has 2 atom stereocenters. The van der Waals surface area contributed by atoms with E-state index in [-0.39, 0.29) is 36.1 Å². The van der Waals surface area contributed by atoms with Gasteiger partial charge in [-0.05, 0) is 38.0 Å². The number of imide groups is 1. The van der Waals surface area contributed by atoms with E-state index >= 15 is 0 Å². The number of rotatable bonds is 8. The molecule has 0 aromatic carbocycles. The first-order chi connectivity index (χ1) is 11.2. The molecule has 128 valence electrons. The second kappa shape index (κ2) is 7.43. The van der Waals surface area contributed by atoms with Gasteiger partial charge >= 0.3 is 0 Å². The molecular formula is C17H26N2O4. The van der Waals surface area contributed by atoms with E-state index in [1.54, 1.807) is 0 Å². The Hall–Kier alpha value is -1.43. The number of likely N-dealkylation sites (tertiary alicyclic amines) is 1. The Kier molecular flexibility index (Phi) is 5.30. The van der Waals surface area contributed by atoms with Crippen LogP contribution in [0.3, 0.4) is 0 Å². The largest absolute Gasteiger partial charge is 0.381 e. The van der Waals surface area contributed by atoms with E-state index in [9.17, 15) is 14.4 Å². The summed E-state index contributed by atoms with van der Waals surface area (Å²) in [7, 11) is 0. The number of hydrogen-bond donors (Lipinski definition) is 1. The highest BCUT2D eigenvalue weighted by Crippen LogP contribution is 2.37. The summed E-state index contributed by atoms with van der Waals surface area (Å²) in [6.07, 6.45) is 6.87. The standard InChI is InChI=1S/C17H26N2O4/c20-15(18-8-3-9-23-11-12-6-7-12)10-19-16(21)13-4-1-2-5-14(13)17(19)22/h12-14H,1-11H2,(H,18,20). The Morgan fingerprint density at radius 2 is 1.74 bits per heavy atom. The highest BCUT2D eigenvalue weighted by atomic mass is 16.5. The van der Waals surface area contributed by atoms with Crippen molar-refractivity contribution in [1.29, 1.82) is 0 Å². The van der Waals surface area contributed by atoms with Crippen LogP contribution in [-0.4, -0.2) is 48.9 Å². The average Bonchev–Trinajstić information content (AvgIpc) is 3.35. The van der Waals surface area contributed by atoms with Crippen molar-refractivity contribution in [3.63, 3.8) is 0 Å². The van der Waals surface area contributed by atoms with E-state index < -0.39 is 0 Å². The van der Waals surface area contributed by atoms with Crippen molar-refractivity contribution in [2.75, 3.05) is 26.3 Å². The zero-order chi connectivity index (χ0) is 16.2. The second-order valence-corrected chi connectivity index (χ2v) is 6.98. The summed E-state index contributed by atoms with van der Waals surface area (Å²) in [4.78, 5) is 37.7. The molecule has 3 fully saturated rings. The first-order valence-electron chi connectivity index (χ1n) is 8.86. The van der Waals surface area contributed by atoms with Crippen LogP contribution in [-0.2, 0) is 19.1 Å². The predicted octanol–water partition coefficient (Wildman–Crippen LogP) is 1.09. The molecule has 23 heavy (non-hydrogen) atoms. The molecule has 3 amide bonds. The highest BCUT2D eigenvalue weighted by Gasteiger charge is 2.48. The third-order valence-corrected chi connectivity index (χ3v) is 5.07. The summed E-state index contributed by atoms with van der Waals surface area (Å²) in [5.74, 6) is -0.169. The minimum atomic E-state index is -0.257. The molecule has 2 unspecified atom stereocenters. The van der Waals surface area contributed by atoms with Crippen LogP contribution in [0.25, 0.3) is 0 Å². The van der Waals surface area contributed by atoms with E-state index in [0.717, 1.165) is 44.6 Å². The SMILES string of the molecule is O=C(CN1C(=O)C2CCCCC2C1=O)NCCCOCC1CC1. The fraction of sp³-hybridized carbons (Fsp3) is 0.824. The van der Waals surface area contributed by atoms with Crippen molar-refractivity contribution in [3.8, 4) is 0 Å². The molecule has 0 spiro atoms. The lowest BCUT2D eigenvalue weighted by Crippen LogP contribution is -2.41. The molecule has 6 heteroatoms. The van der Waals surface area contributed by atoms with Gasteiger partial charge in [0.15, 0.2) is 0 Å². The molecule has 2 aliphatic carbocycles. The lowest BCUT2D eigenvalue weighted by molar-refractivity contribution is -0.143. The van der Waals surface area contributed by atoms with Crippen LogP contribution in [0.2, 0.25) is 0 Å². The smallest absolute Gasteiger partial charge is 0.240 e. The van der Waals surface area contributed by atoms with Crippen molar-refractivity contribution in [3.05, 3.63) is 0 Å². The maximum Gasteiger partial charge on any atom is 0.240 e. The predicted molar refractivity (Wildman–Crippen MR) is 83.3 cm³/mol. The Morgan fingerprint density at radius 1 is 1.09 bits per heavy atom. The summed E-state index contributed by atoms with van der Waals surface area (Å²) in [5.41, 5.74) is 0. The summed E-state index contributed by atoms with van der Waals surface area (Å²) in [6.45, 7) is 1.86. The van der Waals surface area contributed by atoms with Crippen LogP contribution in [0.5, 0.6) is 0 Å². The molecule has 0 aromatic heterocycles. The fourth-order valence-electron chi connectivity index (χ4n) is 3.52. The number of hydrogen-bond acceptors (Lipinski definition) is 4. The third kappa shape index (κ3) is 4.10. The number of nitrogens with zero attached hydrogens (tertiary/aromatic N) is 1. The zero-order valence-corrected chi connectivity index (χ0v) is 13.6. The van der Waals surface area contributed by atoms with E-state index in [2.05, 4.69) is 5.32 Å². The van der Waals surface area contributed by atoms with Crippen molar-refractivity contribution in [2.45, 2.75) is 44.9 Å². The lowest BCUT2D eigenvalue weighted by atomic mass is 9.81. The third-order valence-electron chi connectivity index (χ3n) is 5.07. The van der Waals surface area contributed by atoms with E-state index in [1.165, 1.54) is 17.7 Å². The number of carbonyl (C=O) groups is 3. The normalized spacial score (nSPS) is 27.2. The summed E-state index contributed by atoms with van der Waals surface area (Å²) >= 11 is 0. The second-order valence-electron chi connectivity index (χ2n) is 6.98. The molecule has 3 aliphatic rings. The monoisotopic (exact) mass is 322 g/mol. The van der Waals surface area contributed by atoms with Crippen molar-refractivity contribution < 1.29 is 19.1 Å². The van der Waals surface area contributed by atoms with Gasteiger partial charge in [0.2, 0.25) is 17.7 Å². The van der Waals surface area contributed by atoms with E-state index in [4.69, 9.17) is 4.74 Å². The highest BCUT2D eigenvalue weighted by molar-refractivity contribution is 6.07. The van der Waals surface area contributed by atoms with Crippen LogP contribution in [0.15, 0.2) is 0 Å². The molecule has 1 aliphatic heterocycles. The van der Waals surface area contributed by atoms with Crippen LogP contribution in [0, 0.1) is 17.8 Å². The van der Waals surface area contributed by atoms with Gasteiger partial charge in [0.1, 0.15) is 6.54 Å². The Morgan fingerprint density at radius 3 is 2.35 bits per heavy atom. The average molecular weight is 322 g/mol. The molecule has 6 nitrogen and oxygen atoms in total. The van der Waals surface area contributed by atoms with Gasteiger partial charge in [-0.1, -0.05) is 12.8 Å². The molecule has 3 rings (SSSR count). The van der Waals surface area contributed by atoms with Crippen LogP contribution in [0.1, 0.15) is 44.9 Å². The first-order valence-corrected chi connectivity index (χ1v) is 8.86. The molecule has 1 N–H and O–H groups in total. The first kappa shape index (κ1) is 16.4. The Bertz CT molecular complexity index is 451. The molecule has 1 heterocycles. The Labute approximate surface area is 136 Å². The van der Waals surface area contributed by atoms with Crippen LogP contribution >= 0.6 is 0 Å². The maximum absolute atomic E-state index is 12.3. The quantitative estimate of drug-likeness (QED) is 0.536. The summed E-state index contributed by atoms with van der Waals surface area (Å²) < 4.78 is 5.50. The van der Waals surface area contributed by atoms with Crippen LogP contribution in [0.4, 0.5) is 0 Å². The van der Waals surface area contributed by atoms with Gasteiger partial charge in [0, 0.05) is 19.8 Å². The zero-order valence-electron chi connectivity index (χ0n) is 13.6. The molecule has 2 saturated carbocycles. The summed E-state index contributed by atoms with van der Waals surface area (Å²) in [6, 6.07) is 0. The maximum atomic E-state index is 12.3. The molecular weight excluding hydrogens is 296 g/mol. The number of amides is 3. The van der Waals surface area contributed by atoms with Crippen molar-refractivity contribution in [2.24, 2.45) is 17.8 Å². The van der Waals surface area contributed by atoms with Crippen LogP contribution < -0.4 is 5.32 Å². The summed E-state index contributed by atoms with van der Waals surface area (Å²) in [5, 5.41) is 2.77. The topological polar surface area (TPSA) is 75.7 Å². The molecule has 0 bridgehead atoms. The molecule has 0 aromatic rings. The molecule has 1 saturated heterocycles. The van der Waals surface area contributed by atoms with Gasteiger partial charge in [-0.2, -0.15) is 0 Å². The van der Waals surface area contributed by atoms with Gasteiger partial charge < -0.3 is 10.1 Å². The number of fused-ring (bicyclic) bond motifs is 1. The number of nitrogens with one attached hydrogen (secondary N) is 1. The van der Waals surface area contributed by atoms with Gasteiger partial charge in [-0.3, -0.25) is 19.3 Å². The minimum Gasteiger partial charge on any atom is -0.381 e. The van der Waals surface area contributed by atoms with Gasteiger partial charge in [-0.25, -0.2) is 0 Å². The number of carbonyl (C=O) groups excluding carboxylic acids is 3. The number of ether oxygens (including phenoxy) is 1.